The van der Waals surface area contributed by atoms with E-state index in [9.17, 15) is 0 Å². The van der Waals surface area contributed by atoms with E-state index in [1.165, 1.54) is 87.3 Å². The highest BCUT2D eigenvalue weighted by molar-refractivity contribution is 7.99. The van der Waals surface area contributed by atoms with Crippen molar-refractivity contribution >= 4 is 33.3 Å². The predicted molar refractivity (Wildman–Crippen MR) is 285 cm³/mol. The Labute approximate surface area is 408 Å². The van der Waals surface area contributed by atoms with Crippen LogP contribution in [0.25, 0.3) is 43.8 Å². The molecule has 2 nitrogen and oxygen atoms in total. The molecule has 2 aliphatic carbocycles. The lowest BCUT2D eigenvalue weighted by Gasteiger charge is -2.34. The summed E-state index contributed by atoms with van der Waals surface area (Å²) < 4.78 is 11.9. The van der Waals surface area contributed by atoms with Crippen molar-refractivity contribution in [2.45, 2.75) is 34.5 Å². The van der Waals surface area contributed by atoms with Crippen LogP contribution in [0, 0.1) is 23.7 Å². The Morgan fingerprint density at radius 2 is 0.667 bits per heavy atom. The van der Waals surface area contributed by atoms with Crippen molar-refractivity contribution in [1.82, 2.24) is 0 Å². The van der Waals surface area contributed by atoms with Gasteiger partial charge in [-0.2, -0.15) is 0 Å². The van der Waals surface area contributed by atoms with Crippen LogP contribution in [-0.2, 0) is 10.8 Å². The summed E-state index contributed by atoms with van der Waals surface area (Å²) in [6, 6.07) is 80.9. The van der Waals surface area contributed by atoms with E-state index in [-0.39, 0.29) is 0 Å². The first-order valence-corrected chi connectivity index (χ1v) is 24.3. The molecule has 0 fully saturated rings. The van der Waals surface area contributed by atoms with Crippen LogP contribution >= 0.6 is 11.8 Å². The summed E-state index contributed by atoms with van der Waals surface area (Å²) in [5.74, 6) is 13.5. The molecule has 0 spiro atoms. The van der Waals surface area contributed by atoms with Gasteiger partial charge in [0.15, 0.2) is 0 Å². The molecule has 0 aromatic heterocycles. The Hall–Kier alpha value is -8.21. The highest BCUT2D eigenvalue weighted by atomic mass is 32.2. The van der Waals surface area contributed by atoms with Crippen molar-refractivity contribution in [2.24, 2.45) is 0 Å². The van der Waals surface area contributed by atoms with Crippen LogP contribution in [0.3, 0.4) is 0 Å². The number of fused-ring (bicyclic) bond motifs is 8. The van der Waals surface area contributed by atoms with Gasteiger partial charge in [0.1, 0.15) is 24.7 Å². The first kappa shape index (κ1) is 42.2. The molecule has 0 amide bonds. The lowest BCUT2D eigenvalue weighted by Crippen LogP contribution is -2.28. The van der Waals surface area contributed by atoms with Gasteiger partial charge in [-0.15, -0.1) is 11.8 Å². The summed E-state index contributed by atoms with van der Waals surface area (Å²) in [4.78, 5) is 2.37. The van der Waals surface area contributed by atoms with E-state index in [4.69, 9.17) is 9.47 Å². The van der Waals surface area contributed by atoms with Gasteiger partial charge in [-0.25, -0.2) is 0 Å². The van der Waals surface area contributed by atoms with E-state index in [1.54, 1.807) is 11.8 Å². The van der Waals surface area contributed by atoms with E-state index >= 15 is 0 Å². The zero-order chi connectivity index (χ0) is 46.4. The molecule has 0 N–H and O–H groups in total. The fraction of sp³-hybridized carbons (Fsp3) is 0.0909. The molecule has 0 saturated carbocycles. The molecule has 0 aliphatic heterocycles. The summed E-state index contributed by atoms with van der Waals surface area (Å²) >= 11 is 1.80. The van der Waals surface area contributed by atoms with Crippen LogP contribution in [0.4, 0.5) is 0 Å². The van der Waals surface area contributed by atoms with Crippen LogP contribution < -0.4 is 9.47 Å². The Balaban J connectivity index is 0.914. The lowest BCUT2D eigenvalue weighted by atomic mass is 9.67. The number of rotatable bonds is 10. The van der Waals surface area contributed by atoms with Crippen molar-refractivity contribution < 1.29 is 9.47 Å². The molecule has 2 aliphatic rings. The molecule has 10 aromatic rings. The maximum absolute atomic E-state index is 5.94. The second-order valence-electron chi connectivity index (χ2n) is 17.7. The fourth-order valence-electron chi connectivity index (χ4n) is 11.2. The molecule has 12 rings (SSSR count). The normalized spacial score (nSPS) is 13.2. The summed E-state index contributed by atoms with van der Waals surface area (Å²) in [7, 11) is 0. The quantitative estimate of drug-likeness (QED) is 0.127. The topological polar surface area (TPSA) is 18.5 Å². The number of benzene rings is 10. The highest BCUT2D eigenvalue weighted by Gasteiger charge is 2.47. The minimum Gasteiger partial charge on any atom is -0.481 e. The standard InChI is InChI=1S/C66H46O2S/c1-3-5-39-67-53-33-25-45-41-51(27-23-47(45)43-53)65(61-19-11-7-15-57(61)58-16-8-12-20-62(58)65)49-29-35-55(36-30-49)69-56-37-31-50(32-38-56)66(63-21-13-9-17-59(63)60-18-10-14-22-64(60)66)52-28-24-48-44-54(68-40-6-4-2)34-26-46(48)42-52/h7-38,41-44H,39-40H2,1-2H3. The van der Waals surface area contributed by atoms with E-state index < -0.39 is 10.8 Å². The predicted octanol–water partition coefficient (Wildman–Crippen LogP) is 15.7. The molecule has 0 unspecified atom stereocenters. The number of ether oxygens (including phenoxy) is 2. The number of hydrogen-bond acceptors (Lipinski definition) is 3. The third-order valence-corrected chi connectivity index (χ3v) is 15.2. The van der Waals surface area contributed by atoms with Crippen molar-refractivity contribution in [1.29, 1.82) is 0 Å². The molecule has 0 radical (unpaired) electrons. The molecule has 69 heavy (non-hydrogen) atoms. The van der Waals surface area contributed by atoms with Gasteiger partial charge in [-0.3, -0.25) is 0 Å². The maximum Gasteiger partial charge on any atom is 0.149 e. The molecule has 0 atom stereocenters. The van der Waals surface area contributed by atoms with Crippen molar-refractivity contribution in [3.8, 4) is 57.4 Å². The van der Waals surface area contributed by atoms with Gasteiger partial charge in [0, 0.05) is 9.79 Å². The third kappa shape index (κ3) is 6.93. The average Bonchev–Trinajstić information content (AvgIpc) is 3.88. The van der Waals surface area contributed by atoms with Crippen LogP contribution in [-0.4, -0.2) is 13.2 Å². The Kier molecular flexibility index (Phi) is 10.7. The monoisotopic (exact) mass is 902 g/mol. The van der Waals surface area contributed by atoms with E-state index in [0.717, 1.165) is 22.3 Å². The average molecular weight is 903 g/mol. The molecule has 0 saturated heterocycles. The van der Waals surface area contributed by atoms with Crippen LogP contribution in [0.2, 0.25) is 0 Å². The molecular formula is C66H46O2S. The zero-order valence-electron chi connectivity index (χ0n) is 38.4. The van der Waals surface area contributed by atoms with Crippen LogP contribution in [0.1, 0.15) is 58.4 Å². The van der Waals surface area contributed by atoms with Crippen molar-refractivity contribution in [3.63, 3.8) is 0 Å². The lowest BCUT2D eigenvalue weighted by molar-refractivity contribution is 0.370. The van der Waals surface area contributed by atoms with Crippen molar-refractivity contribution in [2.75, 3.05) is 13.2 Å². The molecule has 0 bridgehead atoms. The maximum atomic E-state index is 5.94. The summed E-state index contributed by atoms with van der Waals surface area (Å²) in [6.07, 6.45) is 0. The molecule has 3 heteroatoms. The van der Waals surface area contributed by atoms with Gasteiger partial charge < -0.3 is 9.47 Å². The van der Waals surface area contributed by atoms with E-state index in [0.29, 0.717) is 13.2 Å². The smallest absolute Gasteiger partial charge is 0.149 e. The Morgan fingerprint density at radius 1 is 0.348 bits per heavy atom. The van der Waals surface area contributed by atoms with Crippen LogP contribution in [0.5, 0.6) is 11.5 Å². The first-order valence-electron chi connectivity index (χ1n) is 23.5. The highest BCUT2D eigenvalue weighted by Crippen LogP contribution is 2.58. The molecular weight excluding hydrogens is 857 g/mol. The summed E-state index contributed by atoms with van der Waals surface area (Å²) in [5, 5.41) is 4.61. The van der Waals surface area contributed by atoms with E-state index in [2.05, 4.69) is 242 Å². The van der Waals surface area contributed by atoms with Gasteiger partial charge >= 0.3 is 0 Å². The minimum atomic E-state index is -0.511. The Morgan fingerprint density at radius 3 is 1.03 bits per heavy atom. The first-order chi connectivity index (χ1) is 34.1. The third-order valence-electron chi connectivity index (χ3n) is 14.2. The second-order valence-corrected chi connectivity index (χ2v) is 18.9. The molecule has 328 valence electrons. The van der Waals surface area contributed by atoms with Gasteiger partial charge in [0.05, 0.1) is 10.8 Å². The van der Waals surface area contributed by atoms with Gasteiger partial charge in [-0.05, 0) is 163 Å². The Bertz CT molecular complexity index is 3410. The molecule has 10 aromatic carbocycles. The number of hydrogen-bond donors (Lipinski definition) is 0. The fourth-order valence-corrected chi connectivity index (χ4v) is 12.0. The van der Waals surface area contributed by atoms with Gasteiger partial charge in [0.2, 0.25) is 0 Å². The molecule has 0 heterocycles. The summed E-state index contributed by atoms with van der Waals surface area (Å²) in [6.45, 7) is 4.42. The SMILES string of the molecule is CC#CCOc1ccc2cc(C3(c4ccc(Sc5ccc(C6(c7ccc8cc(OCC#CC)ccc8c7)c7ccccc7-c7ccccc76)cc5)cc4)c4ccccc4-c4ccccc43)ccc2c1. The minimum absolute atomic E-state index is 0.377. The van der Waals surface area contributed by atoms with Crippen LogP contribution in [0.15, 0.2) is 228 Å². The zero-order valence-corrected chi connectivity index (χ0v) is 39.2. The summed E-state index contributed by atoms with van der Waals surface area (Å²) in [5.41, 5.74) is 14.2. The second kappa shape index (κ2) is 17.5. The van der Waals surface area contributed by atoms with Gasteiger partial charge in [-0.1, -0.05) is 181 Å². The van der Waals surface area contributed by atoms with Crippen molar-refractivity contribution in [3.05, 3.63) is 263 Å². The van der Waals surface area contributed by atoms with Gasteiger partial charge in [0.25, 0.3) is 0 Å². The van der Waals surface area contributed by atoms with E-state index in [1.807, 2.05) is 13.8 Å². The largest absolute Gasteiger partial charge is 0.481 e.